The summed E-state index contributed by atoms with van der Waals surface area (Å²) < 4.78 is 28.1. The first-order chi connectivity index (χ1) is 28.3. The van der Waals surface area contributed by atoms with E-state index < -0.39 is 77.2 Å². The summed E-state index contributed by atoms with van der Waals surface area (Å²) in [6, 6.07) is 19.4. The molecule has 59 heavy (non-hydrogen) atoms. The van der Waals surface area contributed by atoms with E-state index in [9.17, 15) is 48.9 Å². The van der Waals surface area contributed by atoms with Crippen LogP contribution in [0.2, 0.25) is 0 Å². The summed E-state index contributed by atoms with van der Waals surface area (Å²) >= 11 is 0. The molecule has 6 rings (SSSR count). The predicted molar refractivity (Wildman–Crippen MR) is 202 cm³/mol. The number of carboxylic acids is 3. The Morgan fingerprint density at radius 1 is 0.678 bits per heavy atom. The lowest BCUT2D eigenvalue weighted by Gasteiger charge is -2.20. The Kier molecular flexibility index (Phi) is 12.0. The molecule has 0 spiro atoms. The van der Waals surface area contributed by atoms with Crippen LogP contribution in [-0.2, 0) is 9.53 Å². The molecule has 2 aromatic heterocycles. The van der Waals surface area contributed by atoms with E-state index in [1.54, 1.807) is 0 Å². The molecule has 0 unspecified atom stereocenters. The molecule has 0 atom stereocenters. The Balaban J connectivity index is 1.24. The maximum atomic E-state index is 13.6. The highest BCUT2D eigenvalue weighted by Gasteiger charge is 2.24. The fourth-order valence-electron chi connectivity index (χ4n) is 5.43. The molecule has 0 aliphatic heterocycles. The standard InChI is InChI=1S/C40H29N3O16/c44-25-12-11-22(43-42-21-9-7-20(8-10-21)37(49)41-14-13-34(47)48)15-24(25)40(54)57-23(18-55-28-3-1-5-30-35(28)26(45)16-32(58-30)38(50)51)19-56-29-4-2-6-31-36(29)27(46)17-33(59-31)39(52)53/h1-12,15-17,23,44H,13-14,18-19H2,(H,41,49)(H,47,48)(H,50,51)(H,52,53). The fraction of sp³-hybridized carbons (Fsp3) is 0.125. The van der Waals surface area contributed by atoms with Crippen LogP contribution in [0.3, 0.4) is 0 Å². The number of fused-ring (bicyclic) bond motifs is 2. The Labute approximate surface area is 329 Å². The van der Waals surface area contributed by atoms with Crippen molar-refractivity contribution in [3.8, 4) is 17.2 Å². The maximum absolute atomic E-state index is 13.6. The van der Waals surface area contributed by atoms with Crippen molar-refractivity contribution in [1.29, 1.82) is 0 Å². The van der Waals surface area contributed by atoms with Crippen LogP contribution in [0.25, 0.3) is 21.9 Å². The molecule has 2 heterocycles. The zero-order valence-electron chi connectivity index (χ0n) is 30.1. The van der Waals surface area contributed by atoms with Gasteiger partial charge in [0.25, 0.3) is 5.91 Å². The molecule has 5 N–H and O–H groups in total. The van der Waals surface area contributed by atoms with Crippen LogP contribution in [0.5, 0.6) is 17.2 Å². The predicted octanol–water partition coefficient (Wildman–Crippen LogP) is 5.30. The molecule has 19 nitrogen and oxygen atoms in total. The average Bonchev–Trinajstić information content (AvgIpc) is 3.21. The van der Waals surface area contributed by atoms with Crippen LogP contribution < -0.4 is 25.6 Å². The normalized spacial score (nSPS) is 11.1. The van der Waals surface area contributed by atoms with Gasteiger partial charge in [-0.2, -0.15) is 10.2 Å². The number of carbonyl (C=O) groups excluding carboxylic acids is 2. The average molecular weight is 808 g/mol. The van der Waals surface area contributed by atoms with Gasteiger partial charge in [-0.3, -0.25) is 19.2 Å². The first kappa shape index (κ1) is 40.3. The molecule has 300 valence electrons. The lowest BCUT2D eigenvalue weighted by Crippen LogP contribution is -2.31. The van der Waals surface area contributed by atoms with Crippen molar-refractivity contribution >= 4 is 63.1 Å². The first-order valence-corrected chi connectivity index (χ1v) is 17.2. The van der Waals surface area contributed by atoms with Gasteiger partial charge in [-0.25, -0.2) is 14.4 Å². The van der Waals surface area contributed by atoms with Crippen LogP contribution in [0.15, 0.2) is 120 Å². The van der Waals surface area contributed by atoms with Crippen molar-refractivity contribution in [3.05, 3.63) is 134 Å². The van der Waals surface area contributed by atoms with E-state index >= 15 is 0 Å². The van der Waals surface area contributed by atoms with Crippen molar-refractivity contribution in [1.82, 2.24) is 5.32 Å². The number of amides is 1. The molecule has 1 amide bonds. The number of hydrogen-bond acceptors (Lipinski definition) is 15. The fourth-order valence-corrected chi connectivity index (χ4v) is 5.43. The topological polar surface area (TPSA) is 291 Å². The summed E-state index contributed by atoms with van der Waals surface area (Å²) in [6.07, 6.45) is -1.59. The number of esters is 1. The van der Waals surface area contributed by atoms with Gasteiger partial charge in [-0.15, -0.1) is 0 Å². The Morgan fingerprint density at radius 2 is 1.20 bits per heavy atom. The van der Waals surface area contributed by atoms with E-state index in [-0.39, 0.29) is 63.2 Å². The number of aromatic hydroxyl groups is 1. The number of benzene rings is 4. The molecule has 0 aliphatic rings. The third-order valence-electron chi connectivity index (χ3n) is 8.21. The minimum Gasteiger partial charge on any atom is -0.507 e. The highest BCUT2D eigenvalue weighted by molar-refractivity contribution is 5.95. The largest absolute Gasteiger partial charge is 0.507 e. The smallest absolute Gasteiger partial charge is 0.371 e. The lowest BCUT2D eigenvalue weighted by molar-refractivity contribution is -0.136. The minimum absolute atomic E-state index is 0.0537. The second-order valence-corrected chi connectivity index (χ2v) is 12.3. The summed E-state index contributed by atoms with van der Waals surface area (Å²) in [5, 5.41) is 48.4. The highest BCUT2D eigenvalue weighted by Crippen LogP contribution is 2.29. The van der Waals surface area contributed by atoms with E-state index in [1.165, 1.54) is 78.9 Å². The monoisotopic (exact) mass is 807 g/mol. The summed E-state index contributed by atoms with van der Waals surface area (Å²) in [7, 11) is 0. The van der Waals surface area contributed by atoms with Gasteiger partial charge in [0.2, 0.25) is 11.5 Å². The van der Waals surface area contributed by atoms with E-state index in [0.29, 0.717) is 5.69 Å². The number of rotatable bonds is 16. The quantitative estimate of drug-likeness (QED) is 0.0612. The number of aromatic carboxylic acids is 2. The molecule has 0 radical (unpaired) electrons. The van der Waals surface area contributed by atoms with E-state index in [0.717, 1.165) is 12.1 Å². The number of carboxylic acid groups (broad SMARTS) is 3. The van der Waals surface area contributed by atoms with Gasteiger partial charge in [0.1, 0.15) is 58.0 Å². The molecule has 0 saturated heterocycles. The van der Waals surface area contributed by atoms with E-state index in [1.807, 2.05) is 0 Å². The molecular formula is C40H29N3O16. The molecule has 4 aromatic carbocycles. The number of nitrogens with one attached hydrogen (secondary N) is 1. The second kappa shape index (κ2) is 17.6. The number of carbonyl (C=O) groups is 5. The molecule has 0 aliphatic carbocycles. The van der Waals surface area contributed by atoms with Crippen LogP contribution in [0.4, 0.5) is 11.4 Å². The zero-order valence-corrected chi connectivity index (χ0v) is 30.1. The third-order valence-corrected chi connectivity index (χ3v) is 8.21. The minimum atomic E-state index is -1.47. The number of hydrogen-bond donors (Lipinski definition) is 5. The zero-order chi connectivity index (χ0) is 42.2. The van der Waals surface area contributed by atoms with Gasteiger partial charge in [-0.05, 0) is 66.7 Å². The molecule has 0 saturated carbocycles. The Hall–Kier alpha value is -8.35. The number of aliphatic carboxylic acids is 1. The molecule has 0 bridgehead atoms. The van der Waals surface area contributed by atoms with E-state index in [4.69, 9.17) is 28.2 Å². The second-order valence-electron chi connectivity index (χ2n) is 12.3. The van der Waals surface area contributed by atoms with E-state index in [2.05, 4.69) is 15.5 Å². The van der Waals surface area contributed by atoms with Gasteiger partial charge < -0.3 is 48.8 Å². The van der Waals surface area contributed by atoms with Gasteiger partial charge in [-0.1, -0.05) is 12.1 Å². The van der Waals surface area contributed by atoms with Crippen molar-refractivity contribution in [2.24, 2.45) is 10.2 Å². The number of nitrogens with zero attached hydrogens (tertiary/aromatic N) is 2. The van der Waals surface area contributed by atoms with Crippen LogP contribution >= 0.6 is 0 Å². The third kappa shape index (κ3) is 9.73. The van der Waals surface area contributed by atoms with Gasteiger partial charge >= 0.3 is 23.9 Å². The summed E-state index contributed by atoms with van der Waals surface area (Å²) in [6.45, 7) is -1.08. The molecule has 19 heteroatoms. The van der Waals surface area contributed by atoms with Crippen molar-refractivity contribution in [3.63, 3.8) is 0 Å². The van der Waals surface area contributed by atoms with Crippen molar-refractivity contribution < 1.29 is 67.4 Å². The van der Waals surface area contributed by atoms with Gasteiger partial charge in [0.15, 0.2) is 17.0 Å². The SMILES string of the molecule is O=C(O)CCNC(=O)c1ccc(N=Nc2ccc(O)c(C(=O)OC(COc3cccc4oc(C(=O)O)cc(=O)c34)COc3cccc4oc(C(=O)O)cc(=O)c34)c2)cc1. The summed E-state index contributed by atoms with van der Waals surface area (Å²) in [4.78, 5) is 85.2. The van der Waals surface area contributed by atoms with Crippen molar-refractivity contribution in [2.75, 3.05) is 19.8 Å². The summed E-state index contributed by atoms with van der Waals surface area (Å²) in [5.41, 5.74) is -1.40. The number of phenolic OH excluding ortho intramolecular Hbond substituents is 1. The van der Waals surface area contributed by atoms with Crippen LogP contribution in [-0.4, -0.2) is 76.1 Å². The lowest BCUT2D eigenvalue weighted by atomic mass is 10.1. The summed E-state index contributed by atoms with van der Waals surface area (Å²) in [5.74, 6) is -7.44. The Morgan fingerprint density at radius 3 is 1.73 bits per heavy atom. The van der Waals surface area contributed by atoms with Crippen LogP contribution in [0.1, 0.15) is 48.2 Å². The molecule has 6 aromatic rings. The number of ether oxygens (including phenoxy) is 3. The number of azo groups is 1. The molecule has 0 fully saturated rings. The van der Waals surface area contributed by atoms with Gasteiger partial charge in [0.05, 0.1) is 17.8 Å². The van der Waals surface area contributed by atoms with Crippen LogP contribution in [0, 0.1) is 0 Å². The molecular weight excluding hydrogens is 778 g/mol. The maximum Gasteiger partial charge on any atom is 0.371 e. The Bertz CT molecular complexity index is 2660. The van der Waals surface area contributed by atoms with Crippen molar-refractivity contribution in [2.45, 2.75) is 12.5 Å². The number of phenols is 1. The van der Waals surface area contributed by atoms with Gasteiger partial charge in [0, 0.05) is 24.2 Å². The highest BCUT2D eigenvalue weighted by atomic mass is 16.6. The first-order valence-electron chi connectivity index (χ1n) is 17.2.